The number of aliphatic hydroxyl groups excluding tert-OH is 1. The first kappa shape index (κ1) is 14.5. The third-order valence-electron chi connectivity index (χ3n) is 3.64. The van der Waals surface area contributed by atoms with Gasteiger partial charge in [0.2, 0.25) is 0 Å². The van der Waals surface area contributed by atoms with Crippen molar-refractivity contribution in [2.75, 3.05) is 11.9 Å². The smallest absolute Gasteiger partial charge is 0.134 e. The van der Waals surface area contributed by atoms with E-state index in [9.17, 15) is 5.11 Å². The summed E-state index contributed by atoms with van der Waals surface area (Å²) in [5.74, 6) is 0.869. The zero-order valence-electron chi connectivity index (χ0n) is 12.6. The maximum atomic E-state index is 9.59. The maximum Gasteiger partial charge on any atom is 0.134 e. The zero-order chi connectivity index (χ0) is 14.7. The van der Waals surface area contributed by atoms with E-state index in [1.807, 2.05) is 33.0 Å². The monoisotopic (exact) mass is 270 g/mol. The number of aromatic nitrogens is 1. The number of hydrogen-bond donors (Lipinski definition) is 1. The number of nitrogens with zero attached hydrogens (tertiary/aromatic N) is 2. The van der Waals surface area contributed by atoms with Gasteiger partial charge in [0.15, 0.2) is 0 Å². The Kier molecular flexibility index (Phi) is 4.40. The number of hydrogen-bond acceptors (Lipinski definition) is 3. The van der Waals surface area contributed by atoms with Crippen molar-refractivity contribution in [2.45, 2.75) is 33.9 Å². The van der Waals surface area contributed by atoms with Gasteiger partial charge in [0.05, 0.1) is 6.61 Å². The Labute approximate surface area is 120 Å². The van der Waals surface area contributed by atoms with Crippen LogP contribution in [0.3, 0.4) is 0 Å². The van der Waals surface area contributed by atoms with Gasteiger partial charge in [0.1, 0.15) is 5.82 Å². The van der Waals surface area contributed by atoms with E-state index in [0.717, 1.165) is 29.2 Å². The Morgan fingerprint density at radius 3 is 2.45 bits per heavy atom. The SMILES string of the molecule is Cc1cc(C)c(CO)c(N(C)Cc2ccccc2C)n1. The van der Waals surface area contributed by atoms with E-state index >= 15 is 0 Å². The Morgan fingerprint density at radius 2 is 1.80 bits per heavy atom. The highest BCUT2D eigenvalue weighted by Gasteiger charge is 2.13. The average molecular weight is 270 g/mol. The van der Waals surface area contributed by atoms with Crippen LogP contribution >= 0.6 is 0 Å². The summed E-state index contributed by atoms with van der Waals surface area (Å²) in [4.78, 5) is 6.70. The van der Waals surface area contributed by atoms with Crippen LogP contribution < -0.4 is 4.90 Å². The zero-order valence-corrected chi connectivity index (χ0v) is 12.6. The second-order valence-corrected chi connectivity index (χ2v) is 5.32. The predicted molar refractivity (Wildman–Crippen MR) is 82.9 cm³/mol. The summed E-state index contributed by atoms with van der Waals surface area (Å²) in [6.45, 7) is 6.93. The molecular formula is C17H22N2O. The lowest BCUT2D eigenvalue weighted by molar-refractivity contribution is 0.281. The van der Waals surface area contributed by atoms with Gasteiger partial charge in [-0.25, -0.2) is 4.98 Å². The van der Waals surface area contributed by atoms with Crippen LogP contribution in [0.1, 0.15) is 27.9 Å². The van der Waals surface area contributed by atoms with Crippen LogP contribution in [0.25, 0.3) is 0 Å². The van der Waals surface area contributed by atoms with Gasteiger partial charge < -0.3 is 10.0 Å². The summed E-state index contributed by atoms with van der Waals surface area (Å²) < 4.78 is 0. The molecule has 2 aromatic rings. The largest absolute Gasteiger partial charge is 0.392 e. The molecule has 1 N–H and O–H groups in total. The predicted octanol–water partition coefficient (Wildman–Crippen LogP) is 3.14. The molecule has 20 heavy (non-hydrogen) atoms. The molecule has 0 saturated carbocycles. The van der Waals surface area contributed by atoms with E-state index in [2.05, 4.69) is 35.0 Å². The van der Waals surface area contributed by atoms with Crippen molar-refractivity contribution < 1.29 is 5.11 Å². The van der Waals surface area contributed by atoms with Gasteiger partial charge in [-0.2, -0.15) is 0 Å². The molecule has 0 spiro atoms. The van der Waals surface area contributed by atoms with Crippen LogP contribution in [-0.4, -0.2) is 17.1 Å². The van der Waals surface area contributed by atoms with E-state index in [1.54, 1.807) is 0 Å². The molecule has 3 nitrogen and oxygen atoms in total. The highest BCUT2D eigenvalue weighted by Crippen LogP contribution is 2.23. The Bertz CT molecular complexity index is 608. The minimum atomic E-state index is 0.0204. The quantitative estimate of drug-likeness (QED) is 0.927. The minimum Gasteiger partial charge on any atom is -0.392 e. The lowest BCUT2D eigenvalue weighted by atomic mass is 10.1. The van der Waals surface area contributed by atoms with Crippen molar-refractivity contribution in [1.82, 2.24) is 4.98 Å². The fraction of sp³-hybridized carbons (Fsp3) is 0.353. The third kappa shape index (κ3) is 2.99. The van der Waals surface area contributed by atoms with Crippen LogP contribution in [0.15, 0.2) is 30.3 Å². The molecule has 0 atom stereocenters. The van der Waals surface area contributed by atoms with Gasteiger partial charge in [0.25, 0.3) is 0 Å². The molecule has 0 aliphatic rings. The molecule has 0 saturated heterocycles. The molecule has 0 amide bonds. The van der Waals surface area contributed by atoms with Crippen LogP contribution in [0.2, 0.25) is 0 Å². The Balaban J connectivity index is 2.34. The summed E-state index contributed by atoms with van der Waals surface area (Å²) in [5.41, 5.74) is 5.53. The van der Waals surface area contributed by atoms with E-state index in [0.29, 0.717) is 0 Å². The fourth-order valence-electron chi connectivity index (χ4n) is 2.47. The van der Waals surface area contributed by atoms with Crippen molar-refractivity contribution in [2.24, 2.45) is 0 Å². The number of rotatable bonds is 4. The minimum absolute atomic E-state index is 0.0204. The molecule has 0 bridgehead atoms. The van der Waals surface area contributed by atoms with Crippen LogP contribution in [0.4, 0.5) is 5.82 Å². The van der Waals surface area contributed by atoms with Crippen LogP contribution in [-0.2, 0) is 13.2 Å². The van der Waals surface area contributed by atoms with Crippen LogP contribution in [0.5, 0.6) is 0 Å². The summed E-state index contributed by atoms with van der Waals surface area (Å²) in [6, 6.07) is 10.4. The van der Waals surface area contributed by atoms with E-state index in [1.165, 1.54) is 11.1 Å². The van der Waals surface area contributed by atoms with Crippen molar-refractivity contribution in [3.63, 3.8) is 0 Å². The molecule has 2 rings (SSSR count). The second kappa shape index (κ2) is 6.06. The molecule has 0 unspecified atom stereocenters. The van der Waals surface area contributed by atoms with Gasteiger partial charge in [-0.3, -0.25) is 0 Å². The number of anilines is 1. The second-order valence-electron chi connectivity index (χ2n) is 5.32. The topological polar surface area (TPSA) is 36.4 Å². The van der Waals surface area contributed by atoms with Crippen molar-refractivity contribution in [3.05, 3.63) is 58.3 Å². The molecule has 1 aromatic carbocycles. The summed E-state index contributed by atoms with van der Waals surface area (Å²) in [6.07, 6.45) is 0. The highest BCUT2D eigenvalue weighted by molar-refractivity contribution is 5.51. The maximum absolute atomic E-state index is 9.59. The first-order chi connectivity index (χ1) is 9.52. The molecular weight excluding hydrogens is 248 g/mol. The molecule has 0 radical (unpaired) electrons. The van der Waals surface area contributed by atoms with E-state index < -0.39 is 0 Å². The van der Waals surface area contributed by atoms with Gasteiger partial charge >= 0.3 is 0 Å². The van der Waals surface area contributed by atoms with Crippen molar-refractivity contribution >= 4 is 5.82 Å². The Morgan fingerprint density at radius 1 is 1.10 bits per heavy atom. The molecule has 1 aromatic heterocycles. The van der Waals surface area contributed by atoms with Gasteiger partial charge in [-0.1, -0.05) is 24.3 Å². The number of pyridine rings is 1. The molecule has 1 heterocycles. The molecule has 0 fully saturated rings. The number of aryl methyl sites for hydroxylation is 3. The van der Waals surface area contributed by atoms with Crippen molar-refractivity contribution in [1.29, 1.82) is 0 Å². The highest BCUT2D eigenvalue weighted by atomic mass is 16.3. The van der Waals surface area contributed by atoms with Crippen LogP contribution in [0, 0.1) is 20.8 Å². The molecule has 3 heteroatoms. The molecule has 0 aliphatic heterocycles. The first-order valence-electron chi connectivity index (χ1n) is 6.86. The van der Waals surface area contributed by atoms with E-state index in [4.69, 9.17) is 0 Å². The Hall–Kier alpha value is -1.87. The summed E-state index contributed by atoms with van der Waals surface area (Å²) in [5, 5.41) is 9.59. The molecule has 106 valence electrons. The molecule has 0 aliphatic carbocycles. The summed E-state index contributed by atoms with van der Waals surface area (Å²) in [7, 11) is 2.02. The van der Waals surface area contributed by atoms with E-state index in [-0.39, 0.29) is 6.61 Å². The number of benzene rings is 1. The fourth-order valence-corrected chi connectivity index (χ4v) is 2.47. The van der Waals surface area contributed by atoms with Gasteiger partial charge in [-0.05, 0) is 43.5 Å². The average Bonchev–Trinajstić information content (AvgIpc) is 2.40. The van der Waals surface area contributed by atoms with Crippen molar-refractivity contribution in [3.8, 4) is 0 Å². The standard InChI is InChI=1S/C17H22N2O/c1-12-7-5-6-8-15(12)10-19(4)17-16(11-20)13(2)9-14(3)18-17/h5-9,20H,10-11H2,1-4H3. The lowest BCUT2D eigenvalue weighted by Gasteiger charge is -2.23. The first-order valence-corrected chi connectivity index (χ1v) is 6.86. The lowest BCUT2D eigenvalue weighted by Crippen LogP contribution is -2.21. The normalized spacial score (nSPS) is 10.7. The third-order valence-corrected chi connectivity index (χ3v) is 3.64. The number of aliphatic hydroxyl groups is 1. The van der Waals surface area contributed by atoms with Gasteiger partial charge in [0, 0.05) is 24.8 Å². The van der Waals surface area contributed by atoms with Gasteiger partial charge in [-0.15, -0.1) is 0 Å². The summed E-state index contributed by atoms with van der Waals surface area (Å²) >= 11 is 0.